The molecular formula is C21H27N3O. The lowest BCUT2D eigenvalue weighted by Gasteiger charge is -2.31. The standard InChI is InChI=1S/C21H27N3O/c1-2-16-8-6-12-19(14-16)24-21(22)23-15-18-11-7-13-25-20(18)17-9-4-3-5-10-17/h3-6,8-10,12,14,18,20H,2,7,11,13,15H2,1H3,(H3,22,23,24). The molecular weight excluding hydrogens is 310 g/mol. The molecule has 1 saturated heterocycles. The first kappa shape index (κ1) is 17.5. The molecule has 1 fully saturated rings. The topological polar surface area (TPSA) is 59.6 Å². The minimum Gasteiger partial charge on any atom is -0.373 e. The largest absolute Gasteiger partial charge is 0.373 e. The second-order valence-electron chi connectivity index (χ2n) is 6.51. The molecule has 3 N–H and O–H groups in total. The van der Waals surface area contributed by atoms with E-state index in [0.717, 1.165) is 31.6 Å². The van der Waals surface area contributed by atoms with Gasteiger partial charge in [-0.2, -0.15) is 0 Å². The van der Waals surface area contributed by atoms with Crippen molar-refractivity contribution in [2.45, 2.75) is 32.3 Å². The van der Waals surface area contributed by atoms with Crippen molar-refractivity contribution in [2.24, 2.45) is 16.6 Å². The summed E-state index contributed by atoms with van der Waals surface area (Å²) in [5, 5.41) is 3.20. The molecule has 1 aliphatic rings. The third-order valence-electron chi connectivity index (χ3n) is 4.68. The molecule has 0 amide bonds. The number of ether oxygens (including phenoxy) is 1. The number of aliphatic imine (C=N–C) groups is 1. The van der Waals surface area contributed by atoms with E-state index < -0.39 is 0 Å². The van der Waals surface area contributed by atoms with E-state index >= 15 is 0 Å². The van der Waals surface area contributed by atoms with Gasteiger partial charge < -0.3 is 15.8 Å². The Balaban J connectivity index is 1.64. The van der Waals surface area contributed by atoms with Gasteiger partial charge in [0, 0.05) is 24.8 Å². The Bertz CT molecular complexity index is 699. The highest BCUT2D eigenvalue weighted by molar-refractivity contribution is 5.92. The highest BCUT2D eigenvalue weighted by Gasteiger charge is 2.27. The summed E-state index contributed by atoms with van der Waals surface area (Å²) >= 11 is 0. The molecule has 0 spiro atoms. The van der Waals surface area contributed by atoms with Gasteiger partial charge in [-0.1, -0.05) is 49.4 Å². The third kappa shape index (κ3) is 4.83. The fraction of sp³-hybridized carbons (Fsp3) is 0.381. The number of rotatable bonds is 5. The number of anilines is 1. The Hall–Kier alpha value is -2.33. The molecule has 2 aromatic rings. The molecule has 0 aromatic heterocycles. The van der Waals surface area contributed by atoms with E-state index in [-0.39, 0.29) is 6.10 Å². The zero-order chi connectivity index (χ0) is 17.5. The van der Waals surface area contributed by atoms with Gasteiger partial charge in [-0.05, 0) is 42.5 Å². The predicted molar refractivity (Wildman–Crippen MR) is 104 cm³/mol. The Morgan fingerprint density at radius 1 is 1.20 bits per heavy atom. The fourth-order valence-corrected chi connectivity index (χ4v) is 3.31. The smallest absolute Gasteiger partial charge is 0.193 e. The van der Waals surface area contributed by atoms with Crippen LogP contribution < -0.4 is 11.1 Å². The second-order valence-corrected chi connectivity index (χ2v) is 6.51. The summed E-state index contributed by atoms with van der Waals surface area (Å²) in [7, 11) is 0. The first-order valence-corrected chi connectivity index (χ1v) is 9.08. The van der Waals surface area contributed by atoms with Crippen molar-refractivity contribution in [1.29, 1.82) is 0 Å². The third-order valence-corrected chi connectivity index (χ3v) is 4.68. The average molecular weight is 337 g/mol. The number of guanidine groups is 1. The number of nitrogens with one attached hydrogen (secondary N) is 1. The van der Waals surface area contributed by atoms with Gasteiger partial charge in [-0.3, -0.25) is 4.99 Å². The lowest BCUT2D eigenvalue weighted by atomic mass is 9.89. The van der Waals surface area contributed by atoms with Crippen LogP contribution in [0.5, 0.6) is 0 Å². The van der Waals surface area contributed by atoms with E-state index in [0.29, 0.717) is 18.4 Å². The Kier molecular flexibility index (Phi) is 6.07. The summed E-state index contributed by atoms with van der Waals surface area (Å²) in [4.78, 5) is 4.58. The molecule has 4 nitrogen and oxygen atoms in total. The molecule has 0 aliphatic carbocycles. The van der Waals surface area contributed by atoms with Gasteiger partial charge >= 0.3 is 0 Å². The van der Waals surface area contributed by atoms with Crippen LogP contribution in [0.1, 0.15) is 37.0 Å². The van der Waals surface area contributed by atoms with Crippen LogP contribution in [0, 0.1) is 5.92 Å². The van der Waals surface area contributed by atoms with Crippen LogP contribution in [0.2, 0.25) is 0 Å². The van der Waals surface area contributed by atoms with Gasteiger partial charge in [-0.25, -0.2) is 0 Å². The molecule has 3 rings (SSSR count). The van der Waals surface area contributed by atoms with Crippen LogP contribution >= 0.6 is 0 Å². The summed E-state index contributed by atoms with van der Waals surface area (Å²) in [5.74, 6) is 0.823. The van der Waals surface area contributed by atoms with Gasteiger partial charge in [0.15, 0.2) is 5.96 Å². The van der Waals surface area contributed by atoms with Gasteiger partial charge in [0.25, 0.3) is 0 Å². The normalized spacial score (nSPS) is 21.1. The van der Waals surface area contributed by atoms with Crippen molar-refractivity contribution >= 4 is 11.6 Å². The van der Waals surface area contributed by atoms with E-state index in [1.165, 1.54) is 11.1 Å². The van der Waals surface area contributed by atoms with Crippen molar-refractivity contribution in [1.82, 2.24) is 0 Å². The number of aryl methyl sites for hydroxylation is 1. The maximum absolute atomic E-state index is 6.10. The minimum atomic E-state index is 0.106. The lowest BCUT2D eigenvalue weighted by molar-refractivity contribution is -0.0249. The molecule has 2 unspecified atom stereocenters. The molecule has 0 saturated carbocycles. The monoisotopic (exact) mass is 337 g/mol. The van der Waals surface area contributed by atoms with Crippen molar-refractivity contribution in [2.75, 3.05) is 18.5 Å². The maximum Gasteiger partial charge on any atom is 0.193 e. The molecule has 132 valence electrons. The summed E-state index contributed by atoms with van der Waals surface area (Å²) in [5.41, 5.74) is 9.59. The van der Waals surface area contributed by atoms with Gasteiger partial charge in [0.1, 0.15) is 0 Å². The van der Waals surface area contributed by atoms with Gasteiger partial charge in [0.05, 0.1) is 6.10 Å². The molecule has 2 atom stereocenters. The minimum absolute atomic E-state index is 0.106. The van der Waals surface area contributed by atoms with E-state index in [1.807, 2.05) is 18.2 Å². The number of nitrogens with two attached hydrogens (primary N) is 1. The first-order valence-electron chi connectivity index (χ1n) is 9.08. The van der Waals surface area contributed by atoms with E-state index in [2.05, 4.69) is 53.6 Å². The van der Waals surface area contributed by atoms with Crippen molar-refractivity contribution in [3.63, 3.8) is 0 Å². The maximum atomic E-state index is 6.10. The number of hydrogen-bond acceptors (Lipinski definition) is 2. The summed E-state index contributed by atoms with van der Waals surface area (Å²) in [6.07, 6.45) is 3.30. The number of hydrogen-bond donors (Lipinski definition) is 2. The Morgan fingerprint density at radius 3 is 2.84 bits per heavy atom. The van der Waals surface area contributed by atoms with Crippen LogP contribution in [0.4, 0.5) is 5.69 Å². The lowest BCUT2D eigenvalue weighted by Crippen LogP contribution is -2.28. The SMILES string of the molecule is CCc1cccc(NC(N)=NCC2CCCOC2c2ccccc2)c1. The Morgan fingerprint density at radius 2 is 2.04 bits per heavy atom. The highest BCUT2D eigenvalue weighted by atomic mass is 16.5. The summed E-state index contributed by atoms with van der Waals surface area (Å²) < 4.78 is 6.03. The molecule has 4 heteroatoms. The predicted octanol–water partition coefficient (Wildman–Crippen LogP) is 4.14. The first-order chi connectivity index (χ1) is 12.3. The molecule has 2 aromatic carbocycles. The van der Waals surface area contributed by atoms with E-state index in [4.69, 9.17) is 10.5 Å². The zero-order valence-electron chi connectivity index (χ0n) is 14.8. The van der Waals surface area contributed by atoms with Crippen LogP contribution in [0.25, 0.3) is 0 Å². The molecule has 0 bridgehead atoms. The van der Waals surface area contributed by atoms with Crippen LogP contribution in [0.15, 0.2) is 59.6 Å². The number of nitrogens with zero attached hydrogens (tertiary/aromatic N) is 1. The average Bonchev–Trinajstić information content (AvgIpc) is 2.67. The molecule has 1 heterocycles. The van der Waals surface area contributed by atoms with Crippen LogP contribution in [0.3, 0.4) is 0 Å². The molecule has 0 radical (unpaired) electrons. The number of benzene rings is 2. The zero-order valence-corrected chi connectivity index (χ0v) is 14.8. The second kappa shape index (κ2) is 8.67. The van der Waals surface area contributed by atoms with E-state index in [1.54, 1.807) is 0 Å². The van der Waals surface area contributed by atoms with E-state index in [9.17, 15) is 0 Å². The quantitative estimate of drug-likeness (QED) is 0.637. The van der Waals surface area contributed by atoms with Gasteiger partial charge in [0.2, 0.25) is 0 Å². The van der Waals surface area contributed by atoms with Crippen LogP contribution in [-0.4, -0.2) is 19.1 Å². The summed E-state index contributed by atoms with van der Waals surface area (Å²) in [6, 6.07) is 18.7. The van der Waals surface area contributed by atoms with Crippen molar-refractivity contribution in [3.8, 4) is 0 Å². The van der Waals surface area contributed by atoms with Crippen LogP contribution in [-0.2, 0) is 11.2 Å². The van der Waals surface area contributed by atoms with Crippen molar-refractivity contribution < 1.29 is 4.74 Å². The molecule has 1 aliphatic heterocycles. The van der Waals surface area contributed by atoms with Crippen molar-refractivity contribution in [3.05, 3.63) is 65.7 Å². The fourth-order valence-electron chi connectivity index (χ4n) is 3.31. The Labute approximate surface area is 150 Å². The molecule has 25 heavy (non-hydrogen) atoms. The van der Waals surface area contributed by atoms with Gasteiger partial charge in [-0.15, -0.1) is 0 Å². The summed E-state index contributed by atoms with van der Waals surface area (Å²) in [6.45, 7) is 3.63. The highest BCUT2D eigenvalue weighted by Crippen LogP contribution is 2.33.